The highest BCUT2D eigenvalue weighted by Gasteiger charge is 2.22. The first-order chi connectivity index (χ1) is 9.67. The van der Waals surface area contributed by atoms with Crippen LogP contribution >= 0.6 is 0 Å². The largest absolute Gasteiger partial charge is 0.458 e. The van der Waals surface area contributed by atoms with Crippen molar-refractivity contribution < 1.29 is 14.3 Å². The van der Waals surface area contributed by atoms with Crippen LogP contribution in [0.4, 0.5) is 0 Å². The Bertz CT molecular complexity index is 503. The van der Waals surface area contributed by atoms with Gasteiger partial charge in [-0.2, -0.15) is 0 Å². The molecule has 1 aromatic rings. The smallest absolute Gasteiger partial charge is 0.328 e. The highest BCUT2D eigenvalue weighted by Crippen LogP contribution is 2.09. The summed E-state index contributed by atoms with van der Waals surface area (Å²) in [5.41, 5.74) is 1.75. The van der Waals surface area contributed by atoms with Crippen LogP contribution in [0.5, 0.6) is 0 Å². The lowest BCUT2D eigenvalue weighted by Crippen LogP contribution is -2.42. The van der Waals surface area contributed by atoms with Gasteiger partial charge in [0.2, 0.25) is 5.91 Å². The number of benzene rings is 1. The molecule has 0 radical (unpaired) electrons. The molecule has 0 aromatic heterocycles. The molecule has 0 aliphatic heterocycles. The van der Waals surface area contributed by atoms with Crippen molar-refractivity contribution >= 4 is 11.9 Å². The molecule has 4 nitrogen and oxygen atoms in total. The van der Waals surface area contributed by atoms with Crippen LogP contribution < -0.4 is 5.32 Å². The first kappa shape index (κ1) is 17.2. The van der Waals surface area contributed by atoms with Crippen LogP contribution in [0, 0.1) is 6.92 Å². The normalized spacial score (nSPS) is 12.6. The first-order valence-corrected chi connectivity index (χ1v) is 7.25. The molecule has 0 heterocycles. The lowest BCUT2D eigenvalue weighted by molar-refractivity contribution is -0.158. The number of nitrogens with one attached hydrogen (secondary N) is 1. The number of hydrogen-bond acceptors (Lipinski definition) is 3. The van der Waals surface area contributed by atoms with Crippen LogP contribution in [0.25, 0.3) is 0 Å². The second-order valence-corrected chi connectivity index (χ2v) is 6.31. The average Bonchev–Trinajstić information content (AvgIpc) is 2.34. The summed E-state index contributed by atoms with van der Waals surface area (Å²) in [5.74, 6) is -0.554. The second-order valence-electron chi connectivity index (χ2n) is 6.31. The van der Waals surface area contributed by atoms with E-state index in [1.54, 1.807) is 27.7 Å². The van der Waals surface area contributed by atoms with E-state index in [9.17, 15) is 9.59 Å². The summed E-state index contributed by atoms with van der Waals surface area (Å²) in [6.07, 6.45) is 1.02. The van der Waals surface area contributed by atoms with E-state index >= 15 is 0 Å². The molecule has 0 fully saturated rings. The molecule has 0 saturated heterocycles. The minimum atomic E-state index is -0.630. The molecule has 0 unspecified atom stereocenters. The molecule has 4 heteroatoms. The topological polar surface area (TPSA) is 55.4 Å². The maximum absolute atomic E-state index is 11.9. The minimum absolute atomic E-state index is 0.144. The predicted octanol–water partition coefficient (Wildman–Crippen LogP) is 2.77. The monoisotopic (exact) mass is 291 g/mol. The number of hydrogen-bond donors (Lipinski definition) is 1. The third-order valence-corrected chi connectivity index (χ3v) is 2.86. The van der Waals surface area contributed by atoms with Gasteiger partial charge in [-0.25, -0.2) is 4.79 Å². The SMILES string of the molecule is Cc1cccc(CCC(=O)N[C@@H](C)C(=O)OC(C)(C)C)c1. The summed E-state index contributed by atoms with van der Waals surface area (Å²) in [7, 11) is 0. The molecule has 1 aromatic carbocycles. The number of carbonyl (C=O) groups excluding carboxylic acids is 2. The molecule has 1 N–H and O–H groups in total. The first-order valence-electron chi connectivity index (χ1n) is 7.25. The van der Waals surface area contributed by atoms with Gasteiger partial charge in [-0.05, 0) is 46.6 Å². The number of amides is 1. The lowest BCUT2D eigenvalue weighted by atomic mass is 10.1. The van der Waals surface area contributed by atoms with E-state index in [4.69, 9.17) is 4.74 Å². The van der Waals surface area contributed by atoms with E-state index in [0.29, 0.717) is 12.8 Å². The molecule has 1 rings (SSSR count). The van der Waals surface area contributed by atoms with Crippen molar-refractivity contribution in [3.05, 3.63) is 35.4 Å². The van der Waals surface area contributed by atoms with Gasteiger partial charge in [-0.3, -0.25) is 4.79 Å². The van der Waals surface area contributed by atoms with Crippen molar-refractivity contribution in [3.8, 4) is 0 Å². The third kappa shape index (κ3) is 6.93. The van der Waals surface area contributed by atoms with Gasteiger partial charge in [0, 0.05) is 6.42 Å². The average molecular weight is 291 g/mol. The molecule has 21 heavy (non-hydrogen) atoms. The van der Waals surface area contributed by atoms with Crippen LogP contribution in [0.2, 0.25) is 0 Å². The number of ether oxygens (including phenoxy) is 1. The Morgan fingerprint density at radius 3 is 2.52 bits per heavy atom. The standard InChI is InChI=1S/C17H25NO3/c1-12-7-6-8-14(11-12)9-10-15(19)18-13(2)16(20)21-17(3,4)5/h6-8,11,13H,9-10H2,1-5H3,(H,18,19)/t13-/m0/s1. The van der Waals surface area contributed by atoms with Gasteiger partial charge >= 0.3 is 5.97 Å². The summed E-state index contributed by atoms with van der Waals surface area (Å²) < 4.78 is 5.23. The van der Waals surface area contributed by atoms with Crippen LogP contribution in [0.3, 0.4) is 0 Å². The van der Waals surface area contributed by atoms with Crippen molar-refractivity contribution in [3.63, 3.8) is 0 Å². The van der Waals surface area contributed by atoms with Crippen LogP contribution in [0.15, 0.2) is 24.3 Å². The molecular weight excluding hydrogens is 266 g/mol. The second kappa shape index (κ2) is 7.25. The zero-order valence-corrected chi connectivity index (χ0v) is 13.5. The van der Waals surface area contributed by atoms with Gasteiger partial charge in [-0.1, -0.05) is 29.8 Å². The third-order valence-electron chi connectivity index (χ3n) is 2.86. The Morgan fingerprint density at radius 2 is 1.95 bits per heavy atom. The summed E-state index contributed by atoms with van der Waals surface area (Å²) in [6, 6.07) is 7.43. The van der Waals surface area contributed by atoms with Gasteiger partial charge in [0.05, 0.1) is 0 Å². The van der Waals surface area contributed by atoms with Gasteiger partial charge in [-0.15, -0.1) is 0 Å². The van der Waals surface area contributed by atoms with Crippen LogP contribution in [-0.2, 0) is 20.7 Å². The molecule has 0 aliphatic rings. The summed E-state index contributed by atoms with van der Waals surface area (Å²) >= 11 is 0. The molecular formula is C17H25NO3. The highest BCUT2D eigenvalue weighted by atomic mass is 16.6. The summed E-state index contributed by atoms with van der Waals surface area (Å²) in [4.78, 5) is 23.6. The van der Waals surface area contributed by atoms with Crippen molar-refractivity contribution in [2.75, 3.05) is 0 Å². The van der Waals surface area contributed by atoms with E-state index < -0.39 is 17.6 Å². The van der Waals surface area contributed by atoms with Gasteiger partial charge in [0.15, 0.2) is 0 Å². The number of esters is 1. The van der Waals surface area contributed by atoms with Crippen LogP contribution in [-0.4, -0.2) is 23.5 Å². The molecule has 1 atom stereocenters. The molecule has 0 bridgehead atoms. The Kier molecular flexibility index (Phi) is 5.94. The molecule has 116 valence electrons. The van der Waals surface area contributed by atoms with Crippen LogP contribution in [0.1, 0.15) is 45.2 Å². The maximum atomic E-state index is 11.9. The number of carbonyl (C=O) groups is 2. The Labute approximate surface area is 126 Å². The lowest BCUT2D eigenvalue weighted by Gasteiger charge is -2.22. The molecule has 0 aliphatic carbocycles. The van der Waals surface area contributed by atoms with Crippen molar-refractivity contribution in [2.45, 2.75) is 59.1 Å². The minimum Gasteiger partial charge on any atom is -0.458 e. The number of rotatable bonds is 5. The van der Waals surface area contributed by atoms with E-state index in [0.717, 1.165) is 5.56 Å². The fraction of sp³-hybridized carbons (Fsp3) is 0.529. The molecule has 1 amide bonds. The fourth-order valence-corrected chi connectivity index (χ4v) is 1.89. The zero-order chi connectivity index (χ0) is 16.0. The Hall–Kier alpha value is -1.84. The summed E-state index contributed by atoms with van der Waals surface area (Å²) in [6.45, 7) is 9.07. The van der Waals surface area contributed by atoms with E-state index in [2.05, 4.69) is 11.4 Å². The van der Waals surface area contributed by atoms with Gasteiger partial charge in [0.25, 0.3) is 0 Å². The summed E-state index contributed by atoms with van der Waals surface area (Å²) in [5, 5.41) is 2.67. The molecule has 0 spiro atoms. The maximum Gasteiger partial charge on any atom is 0.328 e. The van der Waals surface area contributed by atoms with Crippen molar-refractivity contribution in [1.29, 1.82) is 0 Å². The Balaban J connectivity index is 2.41. The van der Waals surface area contributed by atoms with Crippen molar-refractivity contribution in [1.82, 2.24) is 5.32 Å². The van der Waals surface area contributed by atoms with E-state index in [-0.39, 0.29) is 5.91 Å². The zero-order valence-electron chi connectivity index (χ0n) is 13.5. The van der Waals surface area contributed by atoms with E-state index in [1.165, 1.54) is 5.56 Å². The fourth-order valence-electron chi connectivity index (χ4n) is 1.89. The van der Waals surface area contributed by atoms with E-state index in [1.807, 2.05) is 25.1 Å². The van der Waals surface area contributed by atoms with Gasteiger partial charge in [0.1, 0.15) is 11.6 Å². The molecule has 0 saturated carbocycles. The predicted molar refractivity (Wildman–Crippen MR) is 82.9 cm³/mol. The Morgan fingerprint density at radius 1 is 1.29 bits per heavy atom. The van der Waals surface area contributed by atoms with Crippen molar-refractivity contribution in [2.24, 2.45) is 0 Å². The quantitative estimate of drug-likeness (QED) is 0.849. The van der Waals surface area contributed by atoms with Gasteiger partial charge < -0.3 is 10.1 Å². The highest BCUT2D eigenvalue weighted by molar-refractivity contribution is 5.84. The number of aryl methyl sites for hydroxylation is 2.